The number of carbonyl (C=O) groups is 1. The third kappa shape index (κ3) is 5.36. The molecule has 5 N–H and O–H groups in total. The maximum atomic E-state index is 11.1. The van der Waals surface area contributed by atoms with Crippen LogP contribution in [0.5, 0.6) is 0 Å². The number of hydrogen-bond donors (Lipinski definition) is 3. The van der Waals surface area contributed by atoms with Crippen LogP contribution in [0.2, 0.25) is 0 Å². The van der Waals surface area contributed by atoms with Crippen LogP contribution in [-0.2, 0) is 11.3 Å². The SMILES string of the molecule is CC(C)CN(CC(N)=O)Cc1cc([N+](=O)[O-])ccc1NN. The molecule has 0 atom stereocenters. The van der Waals surface area contributed by atoms with E-state index >= 15 is 0 Å². The van der Waals surface area contributed by atoms with Crippen LogP contribution in [0.15, 0.2) is 18.2 Å². The fourth-order valence-corrected chi connectivity index (χ4v) is 2.13. The maximum Gasteiger partial charge on any atom is 0.269 e. The van der Waals surface area contributed by atoms with Crippen LogP contribution in [0.4, 0.5) is 11.4 Å². The first-order valence-corrected chi connectivity index (χ1v) is 6.58. The van der Waals surface area contributed by atoms with Crippen LogP contribution < -0.4 is 17.0 Å². The Morgan fingerprint density at radius 3 is 2.62 bits per heavy atom. The van der Waals surface area contributed by atoms with E-state index in [4.69, 9.17) is 11.6 Å². The lowest BCUT2D eigenvalue weighted by atomic mass is 10.1. The number of nitro groups is 1. The molecule has 0 bridgehead atoms. The van der Waals surface area contributed by atoms with Crippen molar-refractivity contribution in [1.82, 2.24) is 4.90 Å². The Morgan fingerprint density at radius 2 is 2.14 bits per heavy atom. The van der Waals surface area contributed by atoms with Gasteiger partial charge in [0.2, 0.25) is 5.91 Å². The van der Waals surface area contributed by atoms with Gasteiger partial charge >= 0.3 is 0 Å². The molecule has 1 amide bonds. The Morgan fingerprint density at radius 1 is 1.48 bits per heavy atom. The van der Waals surface area contributed by atoms with Gasteiger partial charge in [-0.05, 0) is 17.5 Å². The summed E-state index contributed by atoms with van der Waals surface area (Å²) in [7, 11) is 0. The molecular formula is C13H21N5O3. The van der Waals surface area contributed by atoms with Crippen molar-refractivity contribution in [2.45, 2.75) is 20.4 Å². The minimum atomic E-state index is -0.468. The molecule has 0 saturated heterocycles. The summed E-state index contributed by atoms with van der Waals surface area (Å²) in [6.45, 7) is 5.12. The Labute approximate surface area is 123 Å². The number of carbonyl (C=O) groups excluding carboxylic acids is 1. The topological polar surface area (TPSA) is 128 Å². The van der Waals surface area contributed by atoms with E-state index in [1.165, 1.54) is 12.1 Å². The number of benzene rings is 1. The third-order valence-corrected chi connectivity index (χ3v) is 2.85. The third-order valence-electron chi connectivity index (χ3n) is 2.85. The highest BCUT2D eigenvalue weighted by Crippen LogP contribution is 2.23. The first-order chi connectivity index (χ1) is 9.83. The highest BCUT2D eigenvalue weighted by Gasteiger charge is 2.16. The number of nitrogen functional groups attached to an aromatic ring is 1. The minimum Gasteiger partial charge on any atom is -0.369 e. The largest absolute Gasteiger partial charge is 0.369 e. The monoisotopic (exact) mass is 295 g/mol. The Bertz CT molecular complexity index is 519. The number of amides is 1. The van der Waals surface area contributed by atoms with Crippen molar-refractivity contribution in [3.8, 4) is 0 Å². The fourth-order valence-electron chi connectivity index (χ4n) is 2.13. The van der Waals surface area contributed by atoms with E-state index in [-0.39, 0.29) is 12.2 Å². The molecule has 8 heteroatoms. The predicted octanol–water partition coefficient (Wildman–Crippen LogP) is 0.824. The number of nitrogens with two attached hydrogens (primary N) is 2. The predicted molar refractivity (Wildman–Crippen MR) is 80.2 cm³/mol. The molecule has 21 heavy (non-hydrogen) atoms. The van der Waals surface area contributed by atoms with E-state index in [9.17, 15) is 14.9 Å². The van der Waals surface area contributed by atoms with Crippen molar-refractivity contribution in [3.05, 3.63) is 33.9 Å². The first-order valence-electron chi connectivity index (χ1n) is 6.58. The summed E-state index contributed by atoms with van der Waals surface area (Å²) in [5.41, 5.74) is 8.96. The highest BCUT2D eigenvalue weighted by molar-refractivity contribution is 5.76. The second kappa shape index (κ2) is 7.55. The van der Waals surface area contributed by atoms with Gasteiger partial charge in [-0.25, -0.2) is 0 Å². The van der Waals surface area contributed by atoms with Gasteiger partial charge in [0.05, 0.1) is 17.2 Å². The number of non-ortho nitro benzene ring substituents is 1. The zero-order valence-corrected chi connectivity index (χ0v) is 12.2. The number of nitro benzene ring substituents is 1. The number of hydrazine groups is 1. The zero-order valence-electron chi connectivity index (χ0n) is 12.2. The van der Waals surface area contributed by atoms with E-state index in [0.29, 0.717) is 30.3 Å². The van der Waals surface area contributed by atoms with Gasteiger partial charge in [-0.1, -0.05) is 13.8 Å². The van der Waals surface area contributed by atoms with Gasteiger partial charge < -0.3 is 11.2 Å². The van der Waals surface area contributed by atoms with Crippen molar-refractivity contribution in [2.75, 3.05) is 18.5 Å². The number of nitrogens with one attached hydrogen (secondary N) is 1. The second-order valence-corrected chi connectivity index (χ2v) is 5.27. The smallest absolute Gasteiger partial charge is 0.269 e. The molecule has 0 heterocycles. The first kappa shape index (κ1) is 16.9. The molecule has 0 aliphatic rings. The zero-order chi connectivity index (χ0) is 16.0. The summed E-state index contributed by atoms with van der Waals surface area (Å²) in [6.07, 6.45) is 0. The molecule has 116 valence electrons. The molecular weight excluding hydrogens is 274 g/mol. The highest BCUT2D eigenvalue weighted by atomic mass is 16.6. The molecule has 0 spiro atoms. The lowest BCUT2D eigenvalue weighted by Crippen LogP contribution is -2.36. The summed E-state index contributed by atoms with van der Waals surface area (Å²) in [4.78, 5) is 23.4. The number of hydrogen-bond acceptors (Lipinski definition) is 6. The summed E-state index contributed by atoms with van der Waals surface area (Å²) in [5.74, 6) is 5.31. The molecule has 0 unspecified atom stereocenters. The Hall–Kier alpha value is -2.19. The van der Waals surface area contributed by atoms with Crippen LogP contribution in [0.25, 0.3) is 0 Å². The van der Waals surface area contributed by atoms with E-state index in [1.54, 1.807) is 6.07 Å². The number of nitrogens with zero attached hydrogens (tertiary/aromatic N) is 2. The van der Waals surface area contributed by atoms with Gasteiger partial charge in [0.1, 0.15) is 0 Å². The molecule has 0 aliphatic heterocycles. The average Bonchev–Trinajstić information content (AvgIpc) is 2.36. The molecule has 8 nitrogen and oxygen atoms in total. The summed E-state index contributed by atoms with van der Waals surface area (Å²) in [5, 5.41) is 10.9. The second-order valence-electron chi connectivity index (χ2n) is 5.27. The molecule has 0 saturated carbocycles. The van der Waals surface area contributed by atoms with Crippen LogP contribution >= 0.6 is 0 Å². The van der Waals surface area contributed by atoms with Gasteiger partial charge in [0.15, 0.2) is 0 Å². The minimum absolute atomic E-state index is 0.0208. The van der Waals surface area contributed by atoms with Gasteiger partial charge in [0.25, 0.3) is 5.69 Å². The molecule has 0 aromatic heterocycles. The van der Waals surface area contributed by atoms with E-state index in [2.05, 4.69) is 5.43 Å². The molecule has 0 radical (unpaired) electrons. The van der Waals surface area contributed by atoms with Crippen LogP contribution in [-0.4, -0.2) is 28.8 Å². The van der Waals surface area contributed by atoms with Crippen molar-refractivity contribution >= 4 is 17.3 Å². The average molecular weight is 295 g/mol. The Kier molecular flexibility index (Phi) is 6.07. The number of rotatable bonds is 8. The molecule has 0 aliphatic carbocycles. The summed E-state index contributed by atoms with van der Waals surface area (Å²) in [6, 6.07) is 4.37. The Balaban J connectivity index is 3.02. The lowest BCUT2D eigenvalue weighted by Gasteiger charge is -2.23. The van der Waals surface area contributed by atoms with E-state index in [0.717, 1.165) is 0 Å². The maximum absolute atomic E-state index is 11.1. The van der Waals surface area contributed by atoms with Crippen molar-refractivity contribution in [2.24, 2.45) is 17.5 Å². The standard InChI is InChI=1S/C13H21N5O3/c1-9(2)6-17(8-13(14)19)7-10-5-11(18(20)21)3-4-12(10)16-15/h3-5,9,16H,6-8,15H2,1-2H3,(H2,14,19). The van der Waals surface area contributed by atoms with Gasteiger partial charge in [-0.3, -0.25) is 25.7 Å². The van der Waals surface area contributed by atoms with Crippen molar-refractivity contribution in [1.29, 1.82) is 0 Å². The van der Waals surface area contributed by atoms with Gasteiger partial charge in [-0.15, -0.1) is 0 Å². The van der Waals surface area contributed by atoms with E-state index < -0.39 is 10.8 Å². The lowest BCUT2D eigenvalue weighted by molar-refractivity contribution is -0.384. The van der Waals surface area contributed by atoms with Crippen molar-refractivity contribution < 1.29 is 9.72 Å². The van der Waals surface area contributed by atoms with Crippen molar-refractivity contribution in [3.63, 3.8) is 0 Å². The molecule has 1 aromatic rings. The van der Waals surface area contributed by atoms with Gasteiger partial charge in [0, 0.05) is 25.2 Å². The van der Waals surface area contributed by atoms with Gasteiger partial charge in [-0.2, -0.15) is 0 Å². The molecule has 1 aromatic carbocycles. The molecule has 1 rings (SSSR count). The normalized spacial score (nSPS) is 10.9. The quantitative estimate of drug-likeness (QED) is 0.370. The van der Waals surface area contributed by atoms with Crippen LogP contribution in [0.3, 0.4) is 0 Å². The fraction of sp³-hybridized carbons (Fsp3) is 0.462. The van der Waals surface area contributed by atoms with E-state index in [1.807, 2.05) is 18.7 Å². The number of primary amides is 1. The van der Waals surface area contributed by atoms with Crippen LogP contribution in [0, 0.1) is 16.0 Å². The molecule has 0 fully saturated rings. The van der Waals surface area contributed by atoms with Crippen LogP contribution in [0.1, 0.15) is 19.4 Å². The summed E-state index contributed by atoms with van der Waals surface area (Å²) < 4.78 is 0. The summed E-state index contributed by atoms with van der Waals surface area (Å²) >= 11 is 0. The number of anilines is 1.